The Labute approximate surface area is 118 Å². The minimum absolute atomic E-state index is 0.0387. The second kappa shape index (κ2) is 6.24. The fraction of sp³-hybridized carbons (Fsp3) is 0.786. The Bertz CT molecular complexity index is 404. The van der Waals surface area contributed by atoms with E-state index in [1.807, 2.05) is 0 Å². The van der Waals surface area contributed by atoms with Crippen molar-refractivity contribution < 1.29 is 19.5 Å². The molecule has 1 saturated heterocycles. The van der Waals surface area contributed by atoms with E-state index in [0.717, 1.165) is 32.4 Å². The summed E-state index contributed by atoms with van der Waals surface area (Å²) in [6.45, 7) is 1.59. The molecule has 0 unspecified atom stereocenters. The van der Waals surface area contributed by atoms with E-state index in [9.17, 15) is 14.4 Å². The van der Waals surface area contributed by atoms with Crippen molar-refractivity contribution in [3.63, 3.8) is 0 Å². The average Bonchev–Trinajstić information content (AvgIpc) is 3.08. The monoisotopic (exact) mass is 282 g/mol. The van der Waals surface area contributed by atoms with Gasteiger partial charge >= 0.3 is 5.97 Å². The number of amides is 2. The molecular weight excluding hydrogens is 260 g/mol. The number of hydrogen-bond acceptors (Lipinski definition) is 3. The van der Waals surface area contributed by atoms with E-state index in [2.05, 4.69) is 0 Å². The number of aliphatic carboxylic acids is 1. The van der Waals surface area contributed by atoms with Gasteiger partial charge in [0, 0.05) is 20.1 Å². The number of nitrogens with zero attached hydrogens (tertiary/aromatic N) is 2. The molecule has 0 spiro atoms. The molecule has 1 aliphatic heterocycles. The normalized spacial score (nSPS) is 25.8. The third-order valence-corrected chi connectivity index (χ3v) is 4.36. The number of rotatable bonds is 4. The first-order chi connectivity index (χ1) is 9.50. The minimum Gasteiger partial charge on any atom is -0.481 e. The number of carbonyl (C=O) groups is 3. The third kappa shape index (κ3) is 3.11. The van der Waals surface area contributed by atoms with Crippen LogP contribution >= 0.6 is 0 Å². The van der Waals surface area contributed by atoms with Crippen molar-refractivity contribution in [3.8, 4) is 0 Å². The van der Waals surface area contributed by atoms with E-state index >= 15 is 0 Å². The maximum Gasteiger partial charge on any atom is 0.307 e. The average molecular weight is 282 g/mol. The van der Waals surface area contributed by atoms with E-state index < -0.39 is 17.8 Å². The van der Waals surface area contributed by atoms with Gasteiger partial charge in [-0.2, -0.15) is 0 Å². The number of likely N-dealkylation sites (N-methyl/N-ethyl adjacent to an activating group) is 1. The summed E-state index contributed by atoms with van der Waals surface area (Å²) < 4.78 is 0. The second-order valence-corrected chi connectivity index (χ2v) is 5.76. The number of carboxylic acid groups (broad SMARTS) is 1. The third-order valence-electron chi connectivity index (χ3n) is 4.36. The molecule has 112 valence electrons. The van der Waals surface area contributed by atoms with E-state index in [1.54, 1.807) is 11.9 Å². The van der Waals surface area contributed by atoms with Crippen LogP contribution in [-0.2, 0) is 14.4 Å². The fourth-order valence-electron chi connectivity index (χ4n) is 3.18. The van der Waals surface area contributed by atoms with Crippen molar-refractivity contribution in [2.24, 2.45) is 11.8 Å². The van der Waals surface area contributed by atoms with Gasteiger partial charge in [0.05, 0.1) is 18.4 Å². The summed E-state index contributed by atoms with van der Waals surface area (Å²) in [5, 5.41) is 9.12. The Hall–Kier alpha value is -1.59. The van der Waals surface area contributed by atoms with Crippen LogP contribution in [0, 0.1) is 11.8 Å². The first kappa shape index (κ1) is 14.8. The smallest absolute Gasteiger partial charge is 0.307 e. The molecule has 2 aliphatic rings. The van der Waals surface area contributed by atoms with Crippen LogP contribution in [0.25, 0.3) is 0 Å². The molecule has 2 rings (SSSR count). The van der Waals surface area contributed by atoms with E-state index in [4.69, 9.17) is 5.11 Å². The standard InChI is InChI=1S/C14H22N2O4/c1-15(9-12(17)16-7-2-3-8-16)13(18)10-5-4-6-11(10)14(19)20/h10-11H,2-9H2,1H3,(H,19,20)/t10-,11+/m1/s1. The highest BCUT2D eigenvalue weighted by Gasteiger charge is 2.39. The van der Waals surface area contributed by atoms with Gasteiger partial charge in [-0.05, 0) is 25.7 Å². The van der Waals surface area contributed by atoms with Crippen LogP contribution in [0.5, 0.6) is 0 Å². The maximum atomic E-state index is 12.3. The lowest BCUT2D eigenvalue weighted by molar-refractivity contribution is -0.149. The molecule has 1 N–H and O–H groups in total. The van der Waals surface area contributed by atoms with Gasteiger partial charge in [-0.1, -0.05) is 6.42 Å². The Morgan fingerprint density at radius 1 is 1.10 bits per heavy atom. The van der Waals surface area contributed by atoms with Crippen molar-refractivity contribution >= 4 is 17.8 Å². The van der Waals surface area contributed by atoms with Crippen LogP contribution in [0.3, 0.4) is 0 Å². The molecule has 6 heteroatoms. The highest BCUT2D eigenvalue weighted by molar-refractivity contribution is 5.88. The lowest BCUT2D eigenvalue weighted by atomic mass is 9.95. The second-order valence-electron chi connectivity index (χ2n) is 5.76. The van der Waals surface area contributed by atoms with Gasteiger partial charge in [0.2, 0.25) is 11.8 Å². The molecular formula is C14H22N2O4. The number of hydrogen-bond donors (Lipinski definition) is 1. The molecule has 2 atom stereocenters. The molecule has 0 aromatic heterocycles. The Kier molecular flexibility index (Phi) is 4.62. The van der Waals surface area contributed by atoms with E-state index in [0.29, 0.717) is 12.8 Å². The van der Waals surface area contributed by atoms with Crippen LogP contribution < -0.4 is 0 Å². The molecule has 1 aliphatic carbocycles. The van der Waals surface area contributed by atoms with Crippen molar-refractivity contribution in [2.75, 3.05) is 26.7 Å². The molecule has 20 heavy (non-hydrogen) atoms. The highest BCUT2D eigenvalue weighted by Crippen LogP contribution is 2.33. The highest BCUT2D eigenvalue weighted by atomic mass is 16.4. The Morgan fingerprint density at radius 3 is 2.30 bits per heavy atom. The quantitative estimate of drug-likeness (QED) is 0.817. The topological polar surface area (TPSA) is 77.9 Å². The number of likely N-dealkylation sites (tertiary alicyclic amines) is 1. The van der Waals surface area contributed by atoms with Crippen molar-refractivity contribution in [1.82, 2.24) is 9.80 Å². The fourth-order valence-corrected chi connectivity index (χ4v) is 3.18. The molecule has 1 saturated carbocycles. The van der Waals surface area contributed by atoms with Crippen molar-refractivity contribution in [3.05, 3.63) is 0 Å². The molecule has 2 amide bonds. The van der Waals surface area contributed by atoms with Crippen LogP contribution in [0.1, 0.15) is 32.1 Å². The minimum atomic E-state index is -0.903. The van der Waals surface area contributed by atoms with Gasteiger partial charge in [0.1, 0.15) is 0 Å². The van der Waals surface area contributed by atoms with E-state index in [-0.39, 0.29) is 18.4 Å². The molecule has 0 aromatic rings. The number of carboxylic acids is 1. The maximum absolute atomic E-state index is 12.3. The molecule has 2 fully saturated rings. The van der Waals surface area contributed by atoms with E-state index in [1.165, 1.54) is 4.90 Å². The van der Waals surface area contributed by atoms with Crippen LogP contribution in [-0.4, -0.2) is 59.4 Å². The number of carbonyl (C=O) groups excluding carboxylic acids is 2. The van der Waals surface area contributed by atoms with Gasteiger partial charge in [0.15, 0.2) is 0 Å². The summed E-state index contributed by atoms with van der Waals surface area (Å²) in [6, 6.07) is 0. The predicted octanol–water partition coefficient (Wildman–Crippen LogP) is 0.568. The van der Waals surface area contributed by atoms with Crippen molar-refractivity contribution in [1.29, 1.82) is 0 Å². The van der Waals surface area contributed by atoms with Crippen molar-refractivity contribution in [2.45, 2.75) is 32.1 Å². The summed E-state index contributed by atoms with van der Waals surface area (Å²) in [7, 11) is 1.59. The summed E-state index contributed by atoms with van der Waals surface area (Å²) in [5.41, 5.74) is 0. The molecule has 0 aromatic carbocycles. The SMILES string of the molecule is CN(CC(=O)N1CCCC1)C(=O)[C@@H]1CCC[C@@H]1C(=O)O. The van der Waals surface area contributed by atoms with Gasteiger partial charge < -0.3 is 14.9 Å². The lowest BCUT2D eigenvalue weighted by Crippen LogP contribution is -2.43. The summed E-state index contributed by atoms with van der Waals surface area (Å²) in [6.07, 6.45) is 3.97. The van der Waals surface area contributed by atoms with Gasteiger partial charge in [-0.3, -0.25) is 14.4 Å². The molecule has 6 nitrogen and oxygen atoms in total. The van der Waals surface area contributed by atoms with Gasteiger partial charge in [0.25, 0.3) is 0 Å². The predicted molar refractivity (Wildman–Crippen MR) is 71.9 cm³/mol. The zero-order valence-electron chi connectivity index (χ0n) is 11.9. The molecule has 1 heterocycles. The first-order valence-corrected chi connectivity index (χ1v) is 7.26. The van der Waals surface area contributed by atoms with Crippen LogP contribution in [0.4, 0.5) is 0 Å². The van der Waals surface area contributed by atoms with Gasteiger partial charge in [-0.15, -0.1) is 0 Å². The summed E-state index contributed by atoms with van der Waals surface area (Å²) >= 11 is 0. The summed E-state index contributed by atoms with van der Waals surface area (Å²) in [5.74, 6) is -2.21. The zero-order chi connectivity index (χ0) is 14.7. The first-order valence-electron chi connectivity index (χ1n) is 7.26. The molecule has 0 radical (unpaired) electrons. The summed E-state index contributed by atoms with van der Waals surface area (Å²) in [4.78, 5) is 38.6. The lowest BCUT2D eigenvalue weighted by Gasteiger charge is -2.25. The van der Waals surface area contributed by atoms with Crippen LogP contribution in [0.15, 0.2) is 0 Å². The van der Waals surface area contributed by atoms with Gasteiger partial charge in [-0.25, -0.2) is 0 Å². The Balaban J connectivity index is 1.91. The Morgan fingerprint density at radius 2 is 1.70 bits per heavy atom. The largest absolute Gasteiger partial charge is 0.481 e. The van der Waals surface area contributed by atoms with Crippen LogP contribution in [0.2, 0.25) is 0 Å². The molecule has 0 bridgehead atoms. The zero-order valence-corrected chi connectivity index (χ0v) is 11.9.